The van der Waals surface area contributed by atoms with Crippen molar-refractivity contribution in [3.8, 4) is 0 Å². The van der Waals surface area contributed by atoms with Gasteiger partial charge in [-0.05, 0) is 20.8 Å². The minimum Gasteiger partial charge on any atom is -0.444 e. The van der Waals surface area contributed by atoms with Gasteiger partial charge < -0.3 is 20.1 Å². The van der Waals surface area contributed by atoms with Crippen LogP contribution in [0.25, 0.3) is 0 Å². The number of nitrogens with zero attached hydrogens (tertiary/aromatic N) is 1. The van der Waals surface area contributed by atoms with E-state index in [0.29, 0.717) is 19.7 Å². The van der Waals surface area contributed by atoms with Gasteiger partial charge in [-0.2, -0.15) is 0 Å². The van der Waals surface area contributed by atoms with E-state index in [4.69, 9.17) is 15.2 Å². The maximum absolute atomic E-state index is 11.6. The van der Waals surface area contributed by atoms with Crippen LogP contribution < -0.4 is 5.73 Å². The van der Waals surface area contributed by atoms with Gasteiger partial charge in [-0.3, -0.25) is 0 Å². The fraction of sp³-hybridized carbons (Fsp3) is 0.900. The van der Waals surface area contributed by atoms with Crippen LogP contribution in [0.1, 0.15) is 20.8 Å². The molecule has 0 saturated carbocycles. The Morgan fingerprint density at radius 1 is 1.53 bits per heavy atom. The van der Waals surface area contributed by atoms with Crippen molar-refractivity contribution in [1.82, 2.24) is 4.90 Å². The molecule has 2 heterocycles. The summed E-state index contributed by atoms with van der Waals surface area (Å²) in [6, 6.07) is 0.0659. The maximum Gasteiger partial charge on any atom is 0.410 e. The molecule has 1 spiro atoms. The Balaban J connectivity index is 1.82. The van der Waals surface area contributed by atoms with Crippen LogP contribution in [-0.4, -0.2) is 47.9 Å². The van der Waals surface area contributed by atoms with Crippen LogP contribution in [0.3, 0.4) is 0 Å². The maximum atomic E-state index is 11.6. The van der Waals surface area contributed by atoms with Crippen molar-refractivity contribution in [2.24, 2.45) is 5.73 Å². The van der Waals surface area contributed by atoms with Crippen molar-refractivity contribution >= 4 is 6.09 Å². The summed E-state index contributed by atoms with van der Waals surface area (Å²) in [5.74, 6) is 0. The number of carbonyl (C=O) groups excluding carboxylic acids is 1. The quantitative estimate of drug-likeness (QED) is 0.631. The molecule has 5 heteroatoms. The molecule has 15 heavy (non-hydrogen) atoms. The number of amides is 1. The standard InChI is InChI=1S/C10H18N2O3/c1-9(2,3)15-8(13)12-5-10(6-12)7(11)4-14-10/h7H,4-6,11H2,1-3H3/t7-/m1/s1. The molecule has 0 aromatic heterocycles. The van der Waals surface area contributed by atoms with E-state index in [9.17, 15) is 4.79 Å². The number of rotatable bonds is 0. The van der Waals surface area contributed by atoms with Crippen molar-refractivity contribution in [1.29, 1.82) is 0 Å². The van der Waals surface area contributed by atoms with Crippen LogP contribution >= 0.6 is 0 Å². The molecule has 5 nitrogen and oxygen atoms in total. The number of likely N-dealkylation sites (tertiary alicyclic amines) is 1. The Labute approximate surface area is 89.5 Å². The summed E-state index contributed by atoms with van der Waals surface area (Å²) >= 11 is 0. The molecule has 0 aromatic rings. The summed E-state index contributed by atoms with van der Waals surface area (Å²) in [6.45, 7) is 7.28. The second-order valence-electron chi connectivity index (χ2n) is 5.32. The first-order valence-corrected chi connectivity index (χ1v) is 5.20. The fourth-order valence-corrected chi connectivity index (χ4v) is 1.80. The molecule has 2 saturated heterocycles. The number of ether oxygens (including phenoxy) is 2. The third-order valence-electron chi connectivity index (χ3n) is 2.79. The molecule has 0 radical (unpaired) electrons. The first-order chi connectivity index (χ1) is 6.82. The first kappa shape index (κ1) is 10.7. The lowest BCUT2D eigenvalue weighted by Crippen LogP contribution is -2.79. The van der Waals surface area contributed by atoms with E-state index in [0.717, 1.165) is 0 Å². The number of hydrogen-bond donors (Lipinski definition) is 1. The molecule has 0 aromatic carbocycles. The van der Waals surface area contributed by atoms with Gasteiger partial charge in [0.25, 0.3) is 0 Å². The van der Waals surface area contributed by atoms with Crippen molar-refractivity contribution in [3.05, 3.63) is 0 Å². The van der Waals surface area contributed by atoms with Crippen molar-refractivity contribution in [3.63, 3.8) is 0 Å². The average molecular weight is 214 g/mol. The number of nitrogens with two attached hydrogens (primary N) is 1. The van der Waals surface area contributed by atoms with Gasteiger partial charge in [0.15, 0.2) is 0 Å². The van der Waals surface area contributed by atoms with Gasteiger partial charge in [0, 0.05) is 0 Å². The highest BCUT2D eigenvalue weighted by atomic mass is 16.6. The van der Waals surface area contributed by atoms with Gasteiger partial charge >= 0.3 is 6.09 Å². The van der Waals surface area contributed by atoms with E-state index in [1.807, 2.05) is 20.8 Å². The molecule has 1 atom stereocenters. The predicted octanol–water partition coefficient (Wildman–Crippen LogP) is 0.333. The second kappa shape index (κ2) is 3.09. The topological polar surface area (TPSA) is 64.8 Å². The molecular formula is C10H18N2O3. The van der Waals surface area contributed by atoms with Crippen LogP contribution in [-0.2, 0) is 9.47 Å². The molecule has 86 valence electrons. The summed E-state index contributed by atoms with van der Waals surface area (Å²) in [4.78, 5) is 13.2. The molecule has 0 aliphatic carbocycles. The Hall–Kier alpha value is -0.810. The lowest BCUT2D eigenvalue weighted by Gasteiger charge is -2.58. The summed E-state index contributed by atoms with van der Waals surface area (Å²) in [7, 11) is 0. The first-order valence-electron chi connectivity index (χ1n) is 5.20. The van der Waals surface area contributed by atoms with Gasteiger partial charge in [0.1, 0.15) is 11.2 Å². The summed E-state index contributed by atoms with van der Waals surface area (Å²) in [5, 5.41) is 0. The molecule has 2 rings (SSSR count). The molecule has 0 unspecified atom stereocenters. The minimum absolute atomic E-state index is 0.0659. The highest BCUT2D eigenvalue weighted by Gasteiger charge is 2.57. The summed E-state index contributed by atoms with van der Waals surface area (Å²) in [5.41, 5.74) is 5.10. The highest BCUT2D eigenvalue weighted by Crippen LogP contribution is 2.35. The normalized spacial score (nSPS) is 28.3. The summed E-state index contributed by atoms with van der Waals surface area (Å²) in [6.07, 6.45) is -0.282. The van der Waals surface area contributed by atoms with Crippen molar-refractivity contribution < 1.29 is 14.3 Å². The lowest BCUT2D eigenvalue weighted by molar-refractivity contribution is -0.229. The van der Waals surface area contributed by atoms with Crippen LogP contribution in [0.15, 0.2) is 0 Å². The predicted molar refractivity (Wildman–Crippen MR) is 54.5 cm³/mol. The largest absolute Gasteiger partial charge is 0.444 e. The van der Waals surface area contributed by atoms with Crippen LogP contribution in [0, 0.1) is 0 Å². The van der Waals surface area contributed by atoms with E-state index < -0.39 is 5.60 Å². The van der Waals surface area contributed by atoms with E-state index in [1.165, 1.54) is 0 Å². The highest BCUT2D eigenvalue weighted by molar-refractivity contribution is 5.70. The Morgan fingerprint density at radius 2 is 2.13 bits per heavy atom. The van der Waals surface area contributed by atoms with E-state index in [2.05, 4.69) is 0 Å². The zero-order valence-electron chi connectivity index (χ0n) is 9.45. The Morgan fingerprint density at radius 3 is 2.47 bits per heavy atom. The fourth-order valence-electron chi connectivity index (χ4n) is 1.80. The monoisotopic (exact) mass is 214 g/mol. The van der Waals surface area contributed by atoms with Gasteiger partial charge in [-0.15, -0.1) is 0 Å². The minimum atomic E-state index is -0.442. The molecule has 0 bridgehead atoms. The molecular weight excluding hydrogens is 196 g/mol. The zero-order valence-corrected chi connectivity index (χ0v) is 9.45. The lowest BCUT2D eigenvalue weighted by atomic mass is 9.82. The van der Waals surface area contributed by atoms with E-state index in [1.54, 1.807) is 4.90 Å². The van der Waals surface area contributed by atoms with E-state index in [-0.39, 0.29) is 17.7 Å². The molecule has 2 N–H and O–H groups in total. The van der Waals surface area contributed by atoms with Crippen LogP contribution in [0.5, 0.6) is 0 Å². The van der Waals surface area contributed by atoms with E-state index >= 15 is 0 Å². The molecule has 2 aliphatic heterocycles. The van der Waals surface area contributed by atoms with Gasteiger partial charge in [-0.25, -0.2) is 4.79 Å². The third-order valence-corrected chi connectivity index (χ3v) is 2.79. The van der Waals surface area contributed by atoms with Crippen molar-refractivity contribution in [2.75, 3.05) is 19.7 Å². The Bertz CT molecular complexity index is 279. The SMILES string of the molecule is CC(C)(C)OC(=O)N1CC2(C1)OC[C@H]2N. The average Bonchev–Trinajstić information content (AvgIpc) is 1.95. The third kappa shape index (κ3) is 1.81. The second-order valence-corrected chi connectivity index (χ2v) is 5.32. The van der Waals surface area contributed by atoms with Gasteiger partial charge in [-0.1, -0.05) is 0 Å². The Kier molecular flexibility index (Phi) is 2.20. The van der Waals surface area contributed by atoms with Crippen LogP contribution in [0.4, 0.5) is 4.79 Å². The van der Waals surface area contributed by atoms with Gasteiger partial charge in [0.05, 0.1) is 25.7 Å². The smallest absolute Gasteiger partial charge is 0.410 e. The molecule has 2 aliphatic rings. The number of hydrogen-bond acceptors (Lipinski definition) is 4. The van der Waals surface area contributed by atoms with Gasteiger partial charge in [0.2, 0.25) is 0 Å². The van der Waals surface area contributed by atoms with Crippen LogP contribution in [0.2, 0.25) is 0 Å². The number of carbonyl (C=O) groups is 1. The van der Waals surface area contributed by atoms with Crippen molar-refractivity contribution in [2.45, 2.75) is 38.0 Å². The molecule has 2 fully saturated rings. The molecule has 1 amide bonds. The summed E-state index contributed by atoms with van der Waals surface area (Å²) < 4.78 is 10.6. The zero-order chi connectivity index (χ0) is 11.3.